The van der Waals surface area contributed by atoms with Crippen molar-refractivity contribution in [3.05, 3.63) is 65.2 Å². The zero-order valence-corrected chi connectivity index (χ0v) is 18.4. The molecule has 8 heteroatoms. The molecule has 5 rings (SSSR count). The van der Waals surface area contributed by atoms with Gasteiger partial charge in [-0.2, -0.15) is 0 Å². The molecule has 2 aromatic heterocycles. The smallest absolute Gasteiger partial charge is 0.320 e. The molecule has 172 valence electrons. The van der Waals surface area contributed by atoms with Crippen LogP contribution in [-0.2, 0) is 29.1 Å². The van der Waals surface area contributed by atoms with Gasteiger partial charge in [-0.1, -0.05) is 12.1 Å². The SMILES string of the molecule is O=C(O)[C@H]1CCCN1CCC(=O)N1CCc2c(n(Cc3cccc(F)c3)c3ncccc23)C1. The topological polar surface area (TPSA) is 78.7 Å². The first-order chi connectivity index (χ1) is 16.0. The van der Waals surface area contributed by atoms with E-state index in [2.05, 4.69) is 15.6 Å². The molecule has 0 saturated carbocycles. The molecule has 1 N–H and O–H groups in total. The van der Waals surface area contributed by atoms with Crippen LogP contribution >= 0.6 is 0 Å². The molecular weight excluding hydrogens is 423 g/mol. The highest BCUT2D eigenvalue weighted by molar-refractivity contribution is 5.84. The van der Waals surface area contributed by atoms with Gasteiger partial charge in [-0.25, -0.2) is 9.37 Å². The van der Waals surface area contributed by atoms with E-state index in [0.29, 0.717) is 39.0 Å². The first-order valence-corrected chi connectivity index (χ1v) is 11.5. The molecule has 1 fully saturated rings. The number of carbonyl (C=O) groups excluding carboxylic acids is 1. The van der Waals surface area contributed by atoms with E-state index in [-0.39, 0.29) is 11.7 Å². The molecule has 3 aromatic rings. The fourth-order valence-corrected chi connectivity index (χ4v) is 5.23. The van der Waals surface area contributed by atoms with Crippen LogP contribution in [0.5, 0.6) is 0 Å². The van der Waals surface area contributed by atoms with Gasteiger partial charge in [0.2, 0.25) is 5.91 Å². The zero-order chi connectivity index (χ0) is 22.9. The molecule has 0 aliphatic carbocycles. The van der Waals surface area contributed by atoms with Crippen LogP contribution in [0.2, 0.25) is 0 Å². The Hall–Kier alpha value is -3.26. The average Bonchev–Trinajstić information content (AvgIpc) is 3.41. The third-order valence-electron chi connectivity index (χ3n) is 6.86. The number of amides is 1. The van der Waals surface area contributed by atoms with E-state index in [4.69, 9.17) is 0 Å². The Balaban J connectivity index is 1.36. The molecule has 0 radical (unpaired) electrons. The molecule has 1 atom stereocenters. The van der Waals surface area contributed by atoms with Crippen LogP contribution in [0.3, 0.4) is 0 Å². The van der Waals surface area contributed by atoms with E-state index < -0.39 is 12.0 Å². The summed E-state index contributed by atoms with van der Waals surface area (Å²) in [6, 6.07) is 10.1. The Morgan fingerprint density at radius 1 is 1.18 bits per heavy atom. The zero-order valence-electron chi connectivity index (χ0n) is 18.4. The van der Waals surface area contributed by atoms with E-state index in [1.165, 1.54) is 17.7 Å². The summed E-state index contributed by atoms with van der Waals surface area (Å²) in [5, 5.41) is 10.5. The Morgan fingerprint density at radius 3 is 2.88 bits per heavy atom. The summed E-state index contributed by atoms with van der Waals surface area (Å²) < 4.78 is 15.9. The monoisotopic (exact) mass is 450 g/mol. The van der Waals surface area contributed by atoms with Crippen LogP contribution in [0.15, 0.2) is 42.6 Å². The summed E-state index contributed by atoms with van der Waals surface area (Å²) in [5.74, 6) is -1.05. The number of rotatable bonds is 6. The van der Waals surface area contributed by atoms with Crippen molar-refractivity contribution in [2.24, 2.45) is 0 Å². The number of carboxylic acid groups (broad SMARTS) is 1. The van der Waals surface area contributed by atoms with E-state index in [9.17, 15) is 19.1 Å². The van der Waals surface area contributed by atoms with Crippen molar-refractivity contribution in [1.82, 2.24) is 19.4 Å². The lowest BCUT2D eigenvalue weighted by atomic mass is 10.0. The summed E-state index contributed by atoms with van der Waals surface area (Å²) in [5.41, 5.74) is 3.93. The van der Waals surface area contributed by atoms with Crippen molar-refractivity contribution in [3.63, 3.8) is 0 Å². The van der Waals surface area contributed by atoms with Crippen molar-refractivity contribution in [1.29, 1.82) is 0 Å². The van der Waals surface area contributed by atoms with Gasteiger partial charge in [0, 0.05) is 43.3 Å². The molecule has 0 bridgehead atoms. The highest BCUT2D eigenvalue weighted by Crippen LogP contribution is 2.31. The number of pyridine rings is 1. The lowest BCUT2D eigenvalue weighted by Crippen LogP contribution is -2.41. The van der Waals surface area contributed by atoms with E-state index in [1.807, 2.05) is 21.9 Å². The first-order valence-electron chi connectivity index (χ1n) is 11.5. The second kappa shape index (κ2) is 8.94. The molecule has 1 saturated heterocycles. The van der Waals surface area contributed by atoms with Gasteiger partial charge in [0.15, 0.2) is 0 Å². The number of likely N-dealkylation sites (tertiary alicyclic amines) is 1. The van der Waals surface area contributed by atoms with Crippen LogP contribution in [0.25, 0.3) is 11.0 Å². The third kappa shape index (κ3) is 4.23. The number of halogens is 1. The second-order valence-corrected chi connectivity index (χ2v) is 8.86. The molecule has 4 heterocycles. The maximum atomic E-state index is 13.8. The minimum absolute atomic E-state index is 0.0345. The Kier molecular flexibility index (Phi) is 5.85. The summed E-state index contributed by atoms with van der Waals surface area (Å²) in [6.45, 7) is 2.77. The Bertz CT molecular complexity index is 1210. The number of nitrogens with zero attached hydrogens (tertiary/aromatic N) is 4. The highest BCUT2D eigenvalue weighted by atomic mass is 19.1. The normalized spacial score (nSPS) is 18.6. The number of aliphatic carboxylic acids is 1. The van der Waals surface area contributed by atoms with E-state index >= 15 is 0 Å². The van der Waals surface area contributed by atoms with Gasteiger partial charge in [0.1, 0.15) is 17.5 Å². The molecule has 1 aromatic carbocycles. The number of aromatic nitrogens is 2. The lowest BCUT2D eigenvalue weighted by Gasteiger charge is -2.30. The average molecular weight is 451 g/mol. The number of fused-ring (bicyclic) bond motifs is 3. The van der Waals surface area contributed by atoms with Crippen LogP contribution < -0.4 is 0 Å². The largest absolute Gasteiger partial charge is 0.480 e. The van der Waals surface area contributed by atoms with Crippen molar-refractivity contribution in [3.8, 4) is 0 Å². The van der Waals surface area contributed by atoms with Crippen molar-refractivity contribution >= 4 is 22.9 Å². The standard InChI is InChI=1S/C25H27FN4O3/c26-18-5-1-4-17(14-18)15-30-22-16-29(12-8-19(22)20-6-2-10-27-24(20)30)23(31)9-13-28-11-3-7-21(28)25(32)33/h1-2,4-6,10,14,21H,3,7-9,11-13,15-16H2,(H,32,33)/t21-/m1/s1. The number of hydrogen-bond donors (Lipinski definition) is 1. The van der Waals surface area contributed by atoms with Crippen molar-refractivity contribution < 1.29 is 19.1 Å². The van der Waals surface area contributed by atoms with Gasteiger partial charge in [-0.3, -0.25) is 14.5 Å². The van der Waals surface area contributed by atoms with Gasteiger partial charge >= 0.3 is 5.97 Å². The van der Waals surface area contributed by atoms with Gasteiger partial charge in [-0.15, -0.1) is 0 Å². The Labute approximate surface area is 191 Å². The van der Waals surface area contributed by atoms with Gasteiger partial charge in [0.25, 0.3) is 0 Å². The second-order valence-electron chi connectivity index (χ2n) is 8.86. The number of benzene rings is 1. The Morgan fingerprint density at radius 2 is 2.06 bits per heavy atom. The number of carbonyl (C=O) groups is 2. The highest BCUT2D eigenvalue weighted by Gasteiger charge is 2.32. The number of hydrogen-bond acceptors (Lipinski definition) is 4. The molecular formula is C25H27FN4O3. The molecule has 2 aliphatic heterocycles. The fraction of sp³-hybridized carbons (Fsp3) is 0.400. The predicted octanol–water partition coefficient (Wildman–Crippen LogP) is 3.05. The van der Waals surface area contributed by atoms with Crippen molar-refractivity contribution in [2.45, 2.75) is 44.8 Å². The molecule has 0 spiro atoms. The van der Waals surface area contributed by atoms with Crippen LogP contribution in [-0.4, -0.2) is 62.0 Å². The fourth-order valence-electron chi connectivity index (χ4n) is 5.23. The van der Waals surface area contributed by atoms with Crippen LogP contribution in [0.4, 0.5) is 4.39 Å². The predicted molar refractivity (Wildman–Crippen MR) is 121 cm³/mol. The molecule has 7 nitrogen and oxygen atoms in total. The summed E-state index contributed by atoms with van der Waals surface area (Å²) in [4.78, 5) is 32.8. The molecule has 2 aliphatic rings. The lowest BCUT2D eigenvalue weighted by molar-refractivity contribution is -0.143. The summed E-state index contributed by atoms with van der Waals surface area (Å²) in [7, 11) is 0. The molecule has 0 unspecified atom stereocenters. The maximum Gasteiger partial charge on any atom is 0.320 e. The molecule has 33 heavy (non-hydrogen) atoms. The van der Waals surface area contributed by atoms with E-state index in [1.54, 1.807) is 12.3 Å². The third-order valence-corrected chi connectivity index (χ3v) is 6.86. The quantitative estimate of drug-likeness (QED) is 0.625. The van der Waals surface area contributed by atoms with Gasteiger partial charge < -0.3 is 14.6 Å². The maximum absolute atomic E-state index is 13.8. The molecule has 1 amide bonds. The van der Waals surface area contributed by atoms with Crippen LogP contribution in [0, 0.1) is 5.82 Å². The minimum atomic E-state index is -0.808. The van der Waals surface area contributed by atoms with E-state index in [0.717, 1.165) is 41.7 Å². The minimum Gasteiger partial charge on any atom is -0.480 e. The van der Waals surface area contributed by atoms with Gasteiger partial charge in [0.05, 0.1) is 6.54 Å². The van der Waals surface area contributed by atoms with Crippen LogP contribution in [0.1, 0.15) is 36.1 Å². The van der Waals surface area contributed by atoms with Gasteiger partial charge in [-0.05, 0) is 61.2 Å². The van der Waals surface area contributed by atoms with Crippen molar-refractivity contribution in [2.75, 3.05) is 19.6 Å². The number of carboxylic acids is 1. The summed E-state index contributed by atoms with van der Waals surface area (Å²) in [6.07, 6.45) is 4.30. The first kappa shape index (κ1) is 21.6. The summed E-state index contributed by atoms with van der Waals surface area (Å²) >= 11 is 0.